The highest BCUT2D eigenvalue weighted by molar-refractivity contribution is 7.92. The van der Waals surface area contributed by atoms with Gasteiger partial charge in [-0.15, -0.1) is 0 Å². The van der Waals surface area contributed by atoms with Gasteiger partial charge in [0.2, 0.25) is 0 Å². The van der Waals surface area contributed by atoms with Crippen LogP contribution >= 0.6 is 0 Å². The standard InChI is InChI=1S/C26H26N4O3S/c1-18-7-6-9-23(15-18)29-34(32,33)25-16-21(12-11-19(25)2)26(31)28-17-22-8-4-5-10-24(22)30-14-13-27-20(30)3/h4-16,29H,17H2,1-3H3,(H,28,31). The molecule has 7 nitrogen and oxygen atoms in total. The molecule has 0 fully saturated rings. The lowest BCUT2D eigenvalue weighted by atomic mass is 10.1. The first kappa shape index (κ1) is 23.3. The Morgan fingerprint density at radius 1 is 0.971 bits per heavy atom. The fourth-order valence-corrected chi connectivity index (χ4v) is 5.08. The number of nitrogens with zero attached hydrogens (tertiary/aromatic N) is 2. The lowest BCUT2D eigenvalue weighted by Crippen LogP contribution is -2.24. The monoisotopic (exact) mass is 474 g/mol. The second-order valence-electron chi connectivity index (χ2n) is 8.11. The van der Waals surface area contributed by atoms with Crippen LogP contribution in [0.4, 0.5) is 5.69 Å². The molecule has 174 valence electrons. The topological polar surface area (TPSA) is 93.1 Å². The number of aromatic nitrogens is 2. The molecule has 4 rings (SSSR count). The zero-order chi connectivity index (χ0) is 24.3. The maximum atomic E-state index is 13.0. The van der Waals surface area contributed by atoms with E-state index in [1.165, 1.54) is 6.07 Å². The molecule has 4 aromatic rings. The second-order valence-corrected chi connectivity index (χ2v) is 9.76. The van der Waals surface area contributed by atoms with E-state index in [1.54, 1.807) is 43.5 Å². The number of anilines is 1. The average molecular weight is 475 g/mol. The summed E-state index contributed by atoms with van der Waals surface area (Å²) in [4.78, 5) is 17.3. The van der Waals surface area contributed by atoms with E-state index >= 15 is 0 Å². The van der Waals surface area contributed by atoms with E-state index < -0.39 is 10.0 Å². The lowest BCUT2D eigenvalue weighted by Gasteiger charge is -2.14. The highest BCUT2D eigenvalue weighted by Crippen LogP contribution is 2.22. The van der Waals surface area contributed by atoms with Gasteiger partial charge in [-0.3, -0.25) is 9.52 Å². The minimum Gasteiger partial charge on any atom is -0.348 e. The van der Waals surface area contributed by atoms with E-state index in [0.29, 0.717) is 11.3 Å². The van der Waals surface area contributed by atoms with Crippen LogP contribution in [0.5, 0.6) is 0 Å². The van der Waals surface area contributed by atoms with Gasteiger partial charge < -0.3 is 9.88 Å². The quantitative estimate of drug-likeness (QED) is 0.412. The number of carbonyl (C=O) groups is 1. The van der Waals surface area contributed by atoms with Gasteiger partial charge in [0.15, 0.2) is 0 Å². The van der Waals surface area contributed by atoms with Crippen molar-refractivity contribution >= 4 is 21.6 Å². The molecule has 0 aliphatic rings. The normalized spacial score (nSPS) is 11.3. The van der Waals surface area contributed by atoms with Crippen molar-refractivity contribution in [1.29, 1.82) is 0 Å². The number of amides is 1. The van der Waals surface area contributed by atoms with Crippen LogP contribution in [0, 0.1) is 20.8 Å². The molecule has 0 radical (unpaired) electrons. The molecule has 0 atom stereocenters. The molecule has 0 saturated carbocycles. The van der Waals surface area contributed by atoms with Gasteiger partial charge in [-0.25, -0.2) is 13.4 Å². The predicted molar refractivity (Wildman–Crippen MR) is 133 cm³/mol. The number of sulfonamides is 1. The number of carbonyl (C=O) groups excluding carboxylic acids is 1. The zero-order valence-electron chi connectivity index (χ0n) is 19.2. The molecular formula is C26H26N4O3S. The van der Waals surface area contributed by atoms with Gasteiger partial charge in [-0.1, -0.05) is 36.4 Å². The van der Waals surface area contributed by atoms with Crippen molar-refractivity contribution in [3.8, 4) is 5.69 Å². The van der Waals surface area contributed by atoms with Gasteiger partial charge in [0.25, 0.3) is 15.9 Å². The Morgan fingerprint density at radius 2 is 1.76 bits per heavy atom. The van der Waals surface area contributed by atoms with Crippen LogP contribution in [0.15, 0.2) is 84.0 Å². The van der Waals surface area contributed by atoms with Crippen LogP contribution in [-0.4, -0.2) is 23.9 Å². The summed E-state index contributed by atoms with van der Waals surface area (Å²) in [5.41, 5.74) is 4.08. The van der Waals surface area contributed by atoms with Gasteiger partial charge in [0.05, 0.1) is 10.6 Å². The first-order valence-corrected chi connectivity index (χ1v) is 12.3. The molecular weight excluding hydrogens is 448 g/mol. The summed E-state index contributed by atoms with van der Waals surface area (Å²) in [5, 5.41) is 2.90. The number of nitrogens with one attached hydrogen (secondary N) is 2. The van der Waals surface area contributed by atoms with Crippen molar-refractivity contribution in [2.24, 2.45) is 0 Å². The van der Waals surface area contributed by atoms with Crippen molar-refractivity contribution in [2.75, 3.05) is 4.72 Å². The lowest BCUT2D eigenvalue weighted by molar-refractivity contribution is 0.0950. The molecule has 1 aromatic heterocycles. The highest BCUT2D eigenvalue weighted by Gasteiger charge is 2.20. The van der Waals surface area contributed by atoms with E-state index in [1.807, 2.05) is 54.9 Å². The SMILES string of the molecule is Cc1cccc(NS(=O)(=O)c2cc(C(=O)NCc3ccccc3-n3ccnc3C)ccc2C)c1. The van der Waals surface area contributed by atoms with Crippen LogP contribution < -0.4 is 10.0 Å². The summed E-state index contributed by atoms with van der Waals surface area (Å²) in [6.07, 6.45) is 3.60. The Morgan fingerprint density at radius 3 is 2.50 bits per heavy atom. The van der Waals surface area contributed by atoms with Crippen LogP contribution in [0.2, 0.25) is 0 Å². The third-order valence-electron chi connectivity index (χ3n) is 5.53. The Labute approximate surface area is 199 Å². The van der Waals surface area contributed by atoms with Gasteiger partial charge >= 0.3 is 0 Å². The molecule has 0 unspecified atom stereocenters. The maximum absolute atomic E-state index is 13.0. The Kier molecular flexibility index (Phi) is 6.51. The van der Waals surface area contributed by atoms with Gasteiger partial charge in [-0.2, -0.15) is 0 Å². The summed E-state index contributed by atoms with van der Waals surface area (Å²) < 4.78 is 30.6. The highest BCUT2D eigenvalue weighted by atomic mass is 32.2. The maximum Gasteiger partial charge on any atom is 0.262 e. The van der Waals surface area contributed by atoms with Crippen molar-refractivity contribution in [2.45, 2.75) is 32.2 Å². The molecule has 0 aliphatic carbocycles. The van der Waals surface area contributed by atoms with E-state index in [2.05, 4.69) is 15.0 Å². The van der Waals surface area contributed by atoms with Gasteiger partial charge in [0, 0.05) is 30.2 Å². The van der Waals surface area contributed by atoms with E-state index in [0.717, 1.165) is 22.6 Å². The number of para-hydroxylation sites is 1. The van der Waals surface area contributed by atoms with Crippen LogP contribution in [0.1, 0.15) is 32.9 Å². The van der Waals surface area contributed by atoms with Crippen molar-refractivity contribution in [3.63, 3.8) is 0 Å². The average Bonchev–Trinajstić information content (AvgIpc) is 3.23. The van der Waals surface area contributed by atoms with Crippen molar-refractivity contribution < 1.29 is 13.2 Å². The van der Waals surface area contributed by atoms with Crippen LogP contribution in [-0.2, 0) is 16.6 Å². The number of benzene rings is 3. The summed E-state index contributed by atoms with van der Waals surface area (Å²) in [6.45, 7) is 5.79. The summed E-state index contributed by atoms with van der Waals surface area (Å²) >= 11 is 0. The zero-order valence-corrected chi connectivity index (χ0v) is 20.1. The second kappa shape index (κ2) is 9.52. The van der Waals surface area contributed by atoms with E-state index in [-0.39, 0.29) is 22.9 Å². The van der Waals surface area contributed by atoms with Gasteiger partial charge in [-0.05, 0) is 67.8 Å². The molecule has 3 aromatic carbocycles. The number of hydrogen-bond acceptors (Lipinski definition) is 4. The summed E-state index contributed by atoms with van der Waals surface area (Å²) in [6, 6.07) is 19.5. The van der Waals surface area contributed by atoms with Crippen LogP contribution in [0.3, 0.4) is 0 Å². The van der Waals surface area contributed by atoms with Crippen molar-refractivity contribution in [3.05, 3.63) is 107 Å². The molecule has 2 N–H and O–H groups in total. The minimum absolute atomic E-state index is 0.0658. The number of imidazole rings is 1. The third-order valence-corrected chi connectivity index (χ3v) is 7.05. The molecule has 0 bridgehead atoms. The number of hydrogen-bond donors (Lipinski definition) is 2. The third kappa shape index (κ3) is 5.02. The Bertz CT molecular complexity index is 1460. The molecule has 1 heterocycles. The molecule has 1 amide bonds. The first-order valence-electron chi connectivity index (χ1n) is 10.8. The number of aryl methyl sites for hydroxylation is 3. The van der Waals surface area contributed by atoms with Crippen molar-refractivity contribution in [1.82, 2.24) is 14.9 Å². The van der Waals surface area contributed by atoms with E-state index in [4.69, 9.17) is 0 Å². The van der Waals surface area contributed by atoms with Gasteiger partial charge in [0.1, 0.15) is 5.82 Å². The van der Waals surface area contributed by atoms with E-state index in [9.17, 15) is 13.2 Å². The fraction of sp³-hybridized carbons (Fsp3) is 0.154. The number of rotatable bonds is 7. The molecule has 0 spiro atoms. The molecule has 0 saturated heterocycles. The molecule has 0 aliphatic heterocycles. The minimum atomic E-state index is -3.87. The van der Waals surface area contributed by atoms with Crippen LogP contribution in [0.25, 0.3) is 5.69 Å². The first-order chi connectivity index (χ1) is 16.2. The predicted octanol–water partition coefficient (Wildman–Crippen LogP) is 4.53. The molecule has 34 heavy (non-hydrogen) atoms. The Hall–Kier alpha value is -3.91. The summed E-state index contributed by atoms with van der Waals surface area (Å²) in [5.74, 6) is 0.484. The Balaban J connectivity index is 1.55. The smallest absolute Gasteiger partial charge is 0.262 e. The fourth-order valence-electron chi connectivity index (χ4n) is 3.75. The molecule has 8 heteroatoms. The largest absolute Gasteiger partial charge is 0.348 e. The summed E-state index contributed by atoms with van der Waals surface area (Å²) in [7, 11) is -3.87.